The van der Waals surface area contributed by atoms with Gasteiger partial charge in [0.15, 0.2) is 0 Å². The fraction of sp³-hybridized carbons (Fsp3) is 0. The highest BCUT2D eigenvalue weighted by Crippen LogP contribution is 2.51. The van der Waals surface area contributed by atoms with Crippen molar-refractivity contribution in [3.05, 3.63) is 140 Å². The summed E-state index contributed by atoms with van der Waals surface area (Å²) in [5, 5.41) is 8.44. The van der Waals surface area contributed by atoms with Gasteiger partial charge >= 0.3 is 0 Å². The molecule has 0 saturated carbocycles. The van der Waals surface area contributed by atoms with Crippen LogP contribution in [0, 0.1) is 0 Å². The van der Waals surface area contributed by atoms with E-state index >= 15 is 0 Å². The van der Waals surface area contributed by atoms with E-state index in [1.54, 1.807) is 0 Å². The van der Waals surface area contributed by atoms with Gasteiger partial charge in [-0.25, -0.2) is 9.97 Å². The molecule has 0 unspecified atom stereocenters. The predicted octanol–water partition coefficient (Wildman–Crippen LogP) is 11.7. The monoisotopic (exact) mass is 617 g/mol. The van der Waals surface area contributed by atoms with Crippen molar-refractivity contribution in [1.82, 2.24) is 14.5 Å². The highest BCUT2D eigenvalue weighted by atomic mass is 32.1. The summed E-state index contributed by atoms with van der Waals surface area (Å²) in [4.78, 5) is 10.8. The van der Waals surface area contributed by atoms with E-state index < -0.39 is 0 Å². The lowest BCUT2D eigenvalue weighted by molar-refractivity contribution is 0.488. The van der Waals surface area contributed by atoms with E-state index in [2.05, 4.69) is 126 Å². The molecule has 0 spiro atoms. The van der Waals surface area contributed by atoms with Crippen molar-refractivity contribution in [2.45, 2.75) is 0 Å². The molecular weight excluding hydrogens is 595 g/mol. The van der Waals surface area contributed by atoms with Crippen LogP contribution in [0.4, 0.5) is 0 Å². The summed E-state index contributed by atoms with van der Waals surface area (Å²) in [5.41, 5.74) is 7.07. The molecule has 0 amide bonds. The average Bonchev–Trinajstić information content (AvgIpc) is 3.69. The fourth-order valence-electron chi connectivity index (χ4n) is 7.62. The van der Waals surface area contributed by atoms with E-state index in [-0.39, 0.29) is 0 Å². The maximum atomic E-state index is 6.66. The number of para-hydroxylation sites is 2. The fourth-order valence-corrected chi connectivity index (χ4v) is 8.88. The van der Waals surface area contributed by atoms with Crippen LogP contribution in [-0.4, -0.2) is 14.5 Å². The Morgan fingerprint density at radius 3 is 2.11 bits per heavy atom. The molecule has 0 saturated heterocycles. The predicted molar refractivity (Wildman–Crippen MR) is 195 cm³/mol. The molecule has 5 heteroatoms. The van der Waals surface area contributed by atoms with E-state index in [1.807, 2.05) is 29.5 Å². The van der Waals surface area contributed by atoms with E-state index in [0.29, 0.717) is 5.95 Å². The third-order valence-electron chi connectivity index (χ3n) is 9.59. The number of rotatable bonds is 2. The van der Waals surface area contributed by atoms with Crippen LogP contribution in [0.2, 0.25) is 0 Å². The number of fused-ring (bicyclic) bond motifs is 12. The number of nitrogens with zero attached hydrogens (tertiary/aromatic N) is 3. The van der Waals surface area contributed by atoms with Crippen LogP contribution in [-0.2, 0) is 0 Å². The number of hydrogen-bond acceptors (Lipinski definition) is 4. The van der Waals surface area contributed by atoms with Crippen molar-refractivity contribution in [3.63, 3.8) is 0 Å². The lowest BCUT2D eigenvalue weighted by atomic mass is 9.96. The Hall–Kier alpha value is -6.04. The van der Waals surface area contributed by atoms with E-state index in [0.717, 1.165) is 55.8 Å². The molecule has 1 aliphatic rings. The van der Waals surface area contributed by atoms with Gasteiger partial charge in [0.1, 0.15) is 11.5 Å². The highest BCUT2D eigenvalue weighted by molar-refractivity contribution is 7.27. The summed E-state index contributed by atoms with van der Waals surface area (Å²) in [5.74, 6) is 2.26. The van der Waals surface area contributed by atoms with Gasteiger partial charge in [-0.15, -0.1) is 11.3 Å². The first kappa shape index (κ1) is 25.2. The average molecular weight is 618 g/mol. The highest BCUT2D eigenvalue weighted by Gasteiger charge is 2.28. The number of thiophene rings is 1. The molecule has 4 nitrogen and oxygen atoms in total. The molecule has 0 radical (unpaired) electrons. The normalized spacial score (nSPS) is 12.4. The lowest BCUT2D eigenvalue weighted by Gasteiger charge is -2.23. The van der Waals surface area contributed by atoms with Crippen LogP contribution in [0.1, 0.15) is 0 Å². The van der Waals surface area contributed by atoms with Crippen LogP contribution in [0.15, 0.2) is 140 Å². The Morgan fingerprint density at radius 1 is 0.532 bits per heavy atom. The first-order valence-electron chi connectivity index (χ1n) is 15.8. The summed E-state index contributed by atoms with van der Waals surface area (Å²) in [6.45, 7) is 0. The Kier molecular flexibility index (Phi) is 4.96. The van der Waals surface area contributed by atoms with Crippen LogP contribution >= 0.6 is 11.3 Å². The third-order valence-corrected chi connectivity index (χ3v) is 10.8. The van der Waals surface area contributed by atoms with Gasteiger partial charge in [-0.2, -0.15) is 0 Å². The van der Waals surface area contributed by atoms with Gasteiger partial charge in [-0.3, -0.25) is 4.57 Å². The zero-order chi connectivity index (χ0) is 30.6. The van der Waals surface area contributed by atoms with Gasteiger partial charge in [0, 0.05) is 37.4 Å². The van der Waals surface area contributed by atoms with Gasteiger partial charge in [0.05, 0.1) is 32.3 Å². The Balaban J connectivity index is 1.33. The molecule has 3 aromatic heterocycles. The van der Waals surface area contributed by atoms with Gasteiger partial charge in [-0.05, 0) is 52.7 Å². The van der Waals surface area contributed by atoms with Crippen molar-refractivity contribution in [1.29, 1.82) is 0 Å². The summed E-state index contributed by atoms with van der Waals surface area (Å²) in [6, 6.07) is 49.1. The van der Waals surface area contributed by atoms with E-state index in [1.165, 1.54) is 41.7 Å². The molecule has 1 aliphatic heterocycles. The zero-order valence-electron chi connectivity index (χ0n) is 24.9. The molecule has 0 bridgehead atoms. The summed E-state index contributed by atoms with van der Waals surface area (Å²) >= 11 is 1.85. The van der Waals surface area contributed by atoms with Gasteiger partial charge < -0.3 is 4.74 Å². The first-order chi connectivity index (χ1) is 23.3. The SMILES string of the molecule is c1ccc(-c2ccc3nc(-n4c5ccccc5c5c6ccccc6c6c7ccccc7sc6c54)nc4c3c2Oc2ccccc2-4)cc1. The molecule has 11 rings (SSSR count). The van der Waals surface area contributed by atoms with Crippen LogP contribution < -0.4 is 4.74 Å². The molecule has 0 atom stereocenters. The maximum absolute atomic E-state index is 6.66. The Labute approximate surface area is 272 Å². The van der Waals surface area contributed by atoms with Gasteiger partial charge in [-0.1, -0.05) is 103 Å². The molecule has 4 heterocycles. The maximum Gasteiger partial charge on any atom is 0.235 e. The molecule has 0 N–H and O–H groups in total. The Morgan fingerprint density at radius 2 is 1.23 bits per heavy atom. The second-order valence-electron chi connectivity index (χ2n) is 12.1. The minimum atomic E-state index is 0.655. The van der Waals surface area contributed by atoms with E-state index in [9.17, 15) is 0 Å². The summed E-state index contributed by atoms with van der Waals surface area (Å²) < 4.78 is 11.5. The second kappa shape index (κ2) is 9.25. The molecule has 47 heavy (non-hydrogen) atoms. The van der Waals surface area contributed by atoms with Crippen molar-refractivity contribution < 1.29 is 4.74 Å². The number of ether oxygens (including phenoxy) is 1. The standard InChI is InChI=1S/C42H23N3OS/c1-2-12-24(13-3-1)25-22-23-31-37-38(29-17-7-10-20-33(29)46-40(25)37)44-42(43-31)45-32-19-9-6-16-28(32)35-26-14-4-5-15-27(26)36-30-18-8-11-21-34(30)47-41(36)39(35)45/h1-23H. The molecule has 10 aromatic rings. The van der Waals surface area contributed by atoms with Crippen LogP contribution in [0.3, 0.4) is 0 Å². The molecule has 7 aromatic carbocycles. The molecule has 0 aliphatic carbocycles. The van der Waals surface area contributed by atoms with Gasteiger partial charge in [0.25, 0.3) is 0 Å². The third kappa shape index (κ3) is 3.36. The topological polar surface area (TPSA) is 39.9 Å². The van der Waals surface area contributed by atoms with Crippen molar-refractivity contribution >= 4 is 75.0 Å². The minimum absolute atomic E-state index is 0.655. The molecular formula is C42H23N3OS. The quantitative estimate of drug-likeness (QED) is 0.194. The molecule has 0 fully saturated rings. The minimum Gasteiger partial charge on any atom is -0.455 e. The van der Waals surface area contributed by atoms with Crippen LogP contribution in [0.5, 0.6) is 11.5 Å². The lowest BCUT2D eigenvalue weighted by Crippen LogP contribution is -2.07. The summed E-state index contributed by atoms with van der Waals surface area (Å²) in [7, 11) is 0. The van der Waals surface area contributed by atoms with Gasteiger partial charge in [0.2, 0.25) is 5.95 Å². The van der Waals surface area contributed by atoms with E-state index in [4.69, 9.17) is 14.7 Å². The number of aromatic nitrogens is 3. The Bertz CT molecular complexity index is 2940. The number of benzene rings is 7. The van der Waals surface area contributed by atoms with Crippen molar-refractivity contribution in [2.24, 2.45) is 0 Å². The van der Waals surface area contributed by atoms with Crippen LogP contribution in [0.25, 0.3) is 92.0 Å². The zero-order valence-corrected chi connectivity index (χ0v) is 25.8. The second-order valence-corrected chi connectivity index (χ2v) is 13.1. The molecule has 218 valence electrons. The van der Waals surface area contributed by atoms with Crippen molar-refractivity contribution in [2.75, 3.05) is 0 Å². The van der Waals surface area contributed by atoms with Crippen molar-refractivity contribution in [3.8, 4) is 39.8 Å². The first-order valence-corrected chi connectivity index (χ1v) is 16.6. The largest absolute Gasteiger partial charge is 0.455 e. The smallest absolute Gasteiger partial charge is 0.235 e. The number of hydrogen-bond donors (Lipinski definition) is 0. The summed E-state index contributed by atoms with van der Waals surface area (Å²) in [6.07, 6.45) is 0.